The number of hydrogen-bond donors (Lipinski definition) is 1. The van der Waals surface area contributed by atoms with E-state index in [4.69, 9.17) is 5.73 Å². The largest absolute Gasteiger partial charge is 0.345 e. The lowest BCUT2D eigenvalue weighted by molar-refractivity contribution is -0.135. The number of hydrogen-bond acceptors (Lipinski definition) is 3. The second kappa shape index (κ2) is 8.54. The normalized spacial score (nSPS) is 23.6. The summed E-state index contributed by atoms with van der Waals surface area (Å²) in [6, 6.07) is 0. The van der Waals surface area contributed by atoms with Crippen LogP contribution < -0.4 is 5.73 Å². The highest BCUT2D eigenvalue weighted by Gasteiger charge is 2.28. The van der Waals surface area contributed by atoms with Crippen LogP contribution in [0.2, 0.25) is 0 Å². The standard InChI is InChI=1S/C15H31N3O/c1-17(2)10-5-11-18(3)15(19)14-7-4-6-13(12-14)8-9-16/h13-14H,4-12,16H2,1-3H3. The van der Waals surface area contributed by atoms with Crippen molar-refractivity contribution in [3.8, 4) is 0 Å². The molecule has 0 bridgehead atoms. The molecule has 1 saturated carbocycles. The Morgan fingerprint density at radius 1 is 1.21 bits per heavy atom. The van der Waals surface area contributed by atoms with E-state index in [1.165, 1.54) is 12.8 Å². The molecule has 1 amide bonds. The number of rotatable bonds is 7. The Bertz CT molecular complexity index is 266. The van der Waals surface area contributed by atoms with E-state index in [0.29, 0.717) is 11.8 Å². The summed E-state index contributed by atoms with van der Waals surface area (Å²) >= 11 is 0. The van der Waals surface area contributed by atoms with Crippen molar-refractivity contribution in [3.63, 3.8) is 0 Å². The molecule has 2 unspecified atom stereocenters. The summed E-state index contributed by atoms with van der Waals surface area (Å²) in [5, 5.41) is 0. The molecule has 0 radical (unpaired) electrons. The van der Waals surface area contributed by atoms with Crippen molar-refractivity contribution >= 4 is 5.91 Å². The Labute approximate surface area is 118 Å². The van der Waals surface area contributed by atoms with Crippen LogP contribution in [0.1, 0.15) is 38.5 Å². The van der Waals surface area contributed by atoms with Crippen molar-refractivity contribution in [1.29, 1.82) is 0 Å². The maximum atomic E-state index is 12.4. The van der Waals surface area contributed by atoms with Crippen molar-refractivity contribution in [2.24, 2.45) is 17.6 Å². The van der Waals surface area contributed by atoms with Gasteiger partial charge in [-0.3, -0.25) is 4.79 Å². The Kier molecular flexibility index (Phi) is 7.39. The van der Waals surface area contributed by atoms with E-state index in [1.54, 1.807) is 0 Å². The quantitative estimate of drug-likeness (QED) is 0.763. The van der Waals surface area contributed by atoms with Crippen LogP contribution in [0.4, 0.5) is 0 Å². The minimum atomic E-state index is 0.245. The van der Waals surface area contributed by atoms with Gasteiger partial charge in [0.2, 0.25) is 5.91 Å². The van der Waals surface area contributed by atoms with Crippen LogP contribution >= 0.6 is 0 Å². The van der Waals surface area contributed by atoms with Gasteiger partial charge >= 0.3 is 0 Å². The lowest BCUT2D eigenvalue weighted by Crippen LogP contribution is -2.37. The molecule has 19 heavy (non-hydrogen) atoms. The zero-order chi connectivity index (χ0) is 14.3. The van der Waals surface area contributed by atoms with Crippen molar-refractivity contribution in [2.45, 2.75) is 38.5 Å². The first-order chi connectivity index (χ1) is 9.04. The van der Waals surface area contributed by atoms with E-state index in [2.05, 4.69) is 19.0 Å². The van der Waals surface area contributed by atoms with Gasteiger partial charge in [-0.25, -0.2) is 0 Å². The third kappa shape index (κ3) is 5.91. The van der Waals surface area contributed by atoms with Gasteiger partial charge in [0.15, 0.2) is 0 Å². The lowest BCUT2D eigenvalue weighted by Gasteiger charge is -2.31. The second-order valence-corrected chi connectivity index (χ2v) is 6.22. The van der Waals surface area contributed by atoms with Gasteiger partial charge in [-0.15, -0.1) is 0 Å². The van der Waals surface area contributed by atoms with Gasteiger partial charge in [0.1, 0.15) is 0 Å². The molecule has 0 aromatic rings. The number of nitrogens with two attached hydrogens (primary N) is 1. The van der Waals surface area contributed by atoms with Crippen LogP contribution in [-0.4, -0.2) is 56.5 Å². The molecule has 0 aromatic carbocycles. The summed E-state index contributed by atoms with van der Waals surface area (Å²) in [6.07, 6.45) is 6.69. The first kappa shape index (κ1) is 16.4. The molecule has 1 aliphatic carbocycles. The van der Waals surface area contributed by atoms with Gasteiger partial charge in [0, 0.05) is 19.5 Å². The molecule has 4 heteroatoms. The SMILES string of the molecule is CN(C)CCCN(C)C(=O)C1CCCC(CCN)C1. The maximum absolute atomic E-state index is 12.4. The summed E-state index contributed by atoms with van der Waals surface area (Å²) in [5.41, 5.74) is 5.63. The zero-order valence-corrected chi connectivity index (χ0v) is 12.9. The van der Waals surface area contributed by atoms with E-state index in [1.807, 2.05) is 11.9 Å². The molecule has 1 fully saturated rings. The minimum Gasteiger partial charge on any atom is -0.345 e. The van der Waals surface area contributed by atoms with E-state index in [-0.39, 0.29) is 5.92 Å². The molecule has 0 aliphatic heterocycles. The number of amides is 1. The van der Waals surface area contributed by atoms with Crippen LogP contribution in [0.5, 0.6) is 0 Å². The second-order valence-electron chi connectivity index (χ2n) is 6.22. The van der Waals surface area contributed by atoms with Gasteiger partial charge in [0.25, 0.3) is 0 Å². The van der Waals surface area contributed by atoms with Crippen molar-refractivity contribution < 1.29 is 4.79 Å². The highest BCUT2D eigenvalue weighted by atomic mass is 16.2. The molecular weight excluding hydrogens is 238 g/mol. The predicted octanol–water partition coefficient (Wildman–Crippen LogP) is 1.55. The molecule has 1 rings (SSSR count). The minimum absolute atomic E-state index is 0.245. The number of carbonyl (C=O) groups is 1. The fraction of sp³-hybridized carbons (Fsp3) is 0.933. The molecule has 112 valence electrons. The highest BCUT2D eigenvalue weighted by Crippen LogP contribution is 2.31. The molecule has 4 nitrogen and oxygen atoms in total. The topological polar surface area (TPSA) is 49.6 Å². The smallest absolute Gasteiger partial charge is 0.225 e. The average molecular weight is 269 g/mol. The molecule has 0 aromatic heterocycles. The van der Waals surface area contributed by atoms with Crippen LogP contribution in [0, 0.1) is 11.8 Å². The van der Waals surface area contributed by atoms with Gasteiger partial charge in [-0.05, 0) is 58.8 Å². The number of carbonyl (C=O) groups excluding carboxylic acids is 1. The molecule has 1 aliphatic rings. The molecule has 0 spiro atoms. The molecule has 2 N–H and O–H groups in total. The summed E-state index contributed by atoms with van der Waals surface area (Å²) in [4.78, 5) is 16.5. The first-order valence-electron chi connectivity index (χ1n) is 7.64. The van der Waals surface area contributed by atoms with Gasteiger partial charge < -0.3 is 15.5 Å². The van der Waals surface area contributed by atoms with Crippen LogP contribution in [0.3, 0.4) is 0 Å². The third-order valence-electron chi connectivity index (χ3n) is 4.18. The van der Waals surface area contributed by atoms with E-state index in [9.17, 15) is 4.79 Å². The molecule has 0 heterocycles. The third-order valence-corrected chi connectivity index (χ3v) is 4.18. The Hall–Kier alpha value is -0.610. The van der Waals surface area contributed by atoms with Gasteiger partial charge in [-0.2, -0.15) is 0 Å². The van der Waals surface area contributed by atoms with E-state index in [0.717, 1.165) is 45.3 Å². The predicted molar refractivity (Wildman–Crippen MR) is 79.9 cm³/mol. The summed E-state index contributed by atoms with van der Waals surface area (Å²) < 4.78 is 0. The molecule has 2 atom stereocenters. The van der Waals surface area contributed by atoms with E-state index < -0.39 is 0 Å². The van der Waals surface area contributed by atoms with Gasteiger partial charge in [0.05, 0.1) is 0 Å². The zero-order valence-electron chi connectivity index (χ0n) is 12.9. The monoisotopic (exact) mass is 269 g/mol. The summed E-state index contributed by atoms with van der Waals surface area (Å²) in [5.74, 6) is 1.26. The first-order valence-corrected chi connectivity index (χ1v) is 7.64. The van der Waals surface area contributed by atoms with Crippen LogP contribution in [0.15, 0.2) is 0 Å². The Morgan fingerprint density at radius 2 is 1.95 bits per heavy atom. The summed E-state index contributed by atoms with van der Waals surface area (Å²) in [7, 11) is 6.09. The highest BCUT2D eigenvalue weighted by molar-refractivity contribution is 5.78. The van der Waals surface area contributed by atoms with Crippen LogP contribution in [0.25, 0.3) is 0 Å². The number of nitrogens with zero attached hydrogens (tertiary/aromatic N) is 2. The van der Waals surface area contributed by atoms with Crippen molar-refractivity contribution in [1.82, 2.24) is 9.80 Å². The van der Waals surface area contributed by atoms with Gasteiger partial charge in [-0.1, -0.05) is 12.8 Å². The van der Waals surface area contributed by atoms with Crippen molar-refractivity contribution in [3.05, 3.63) is 0 Å². The van der Waals surface area contributed by atoms with Crippen molar-refractivity contribution in [2.75, 3.05) is 40.8 Å². The van der Waals surface area contributed by atoms with Crippen LogP contribution in [-0.2, 0) is 4.79 Å². The fourth-order valence-corrected chi connectivity index (χ4v) is 3.06. The summed E-state index contributed by atoms with van der Waals surface area (Å²) in [6.45, 7) is 2.66. The average Bonchev–Trinajstić information content (AvgIpc) is 2.38. The maximum Gasteiger partial charge on any atom is 0.225 e. The van der Waals surface area contributed by atoms with E-state index >= 15 is 0 Å². The Balaban J connectivity index is 2.34. The molecular formula is C15H31N3O. The Morgan fingerprint density at radius 3 is 2.58 bits per heavy atom. The molecule has 0 saturated heterocycles. The fourth-order valence-electron chi connectivity index (χ4n) is 3.06. The lowest BCUT2D eigenvalue weighted by atomic mass is 9.79.